The van der Waals surface area contributed by atoms with Crippen molar-refractivity contribution in [2.75, 3.05) is 6.54 Å². The van der Waals surface area contributed by atoms with Gasteiger partial charge in [-0.25, -0.2) is 9.18 Å². The lowest BCUT2D eigenvalue weighted by Crippen LogP contribution is -2.27. The minimum Gasteiger partial charge on any atom is -0.445 e. The van der Waals surface area contributed by atoms with Crippen molar-refractivity contribution in [2.24, 2.45) is 0 Å². The Hall–Kier alpha value is -2.67. The summed E-state index contributed by atoms with van der Waals surface area (Å²) in [4.78, 5) is 11.7. The average Bonchev–Trinajstić information content (AvgIpc) is 3.11. The van der Waals surface area contributed by atoms with Crippen molar-refractivity contribution in [1.29, 1.82) is 0 Å². The number of hydrogen-bond acceptors (Lipinski definition) is 3. The van der Waals surface area contributed by atoms with Gasteiger partial charge in [0.05, 0.1) is 12.7 Å². The number of alkyl carbamates (subject to hydrolysis) is 1. The van der Waals surface area contributed by atoms with Crippen LogP contribution >= 0.6 is 15.9 Å². The zero-order chi connectivity index (χ0) is 18.4. The number of halogens is 2. The first-order valence-corrected chi connectivity index (χ1v) is 8.83. The molecule has 3 aromatic rings. The topological polar surface area (TPSA) is 56.2 Å². The van der Waals surface area contributed by atoms with Crippen molar-refractivity contribution in [1.82, 2.24) is 15.1 Å². The molecular formula is C19H17BrFN3O2. The molecule has 134 valence electrons. The molecule has 0 unspecified atom stereocenters. The third-order valence-electron chi connectivity index (χ3n) is 3.70. The van der Waals surface area contributed by atoms with Crippen LogP contribution in [0.15, 0.2) is 65.4 Å². The van der Waals surface area contributed by atoms with Gasteiger partial charge in [0.2, 0.25) is 0 Å². The number of ether oxygens (including phenoxy) is 1. The Morgan fingerprint density at radius 1 is 1.23 bits per heavy atom. The van der Waals surface area contributed by atoms with E-state index < -0.39 is 6.09 Å². The quantitative estimate of drug-likeness (QED) is 0.647. The van der Waals surface area contributed by atoms with Gasteiger partial charge < -0.3 is 10.1 Å². The molecule has 1 N–H and O–H groups in total. The van der Waals surface area contributed by atoms with Crippen LogP contribution in [0.3, 0.4) is 0 Å². The van der Waals surface area contributed by atoms with Crippen molar-refractivity contribution >= 4 is 22.0 Å². The maximum Gasteiger partial charge on any atom is 0.407 e. The van der Waals surface area contributed by atoms with E-state index in [1.54, 1.807) is 29.2 Å². The molecule has 1 aromatic heterocycles. The number of nitrogens with zero attached hydrogens (tertiary/aromatic N) is 2. The summed E-state index contributed by atoms with van der Waals surface area (Å²) in [6, 6.07) is 14.2. The van der Waals surface area contributed by atoms with Crippen LogP contribution in [0.4, 0.5) is 9.18 Å². The minimum absolute atomic E-state index is 0.223. The van der Waals surface area contributed by atoms with Gasteiger partial charge >= 0.3 is 6.09 Å². The van der Waals surface area contributed by atoms with E-state index in [2.05, 4.69) is 26.3 Å². The molecule has 0 aliphatic carbocycles. The first kappa shape index (κ1) is 18.1. The summed E-state index contributed by atoms with van der Waals surface area (Å²) in [6.07, 6.45) is 2.85. The van der Waals surface area contributed by atoms with Crippen LogP contribution in [0.5, 0.6) is 0 Å². The lowest BCUT2D eigenvalue weighted by atomic mass is 10.1. The van der Waals surface area contributed by atoms with E-state index in [0.29, 0.717) is 24.2 Å². The van der Waals surface area contributed by atoms with Crippen molar-refractivity contribution < 1.29 is 13.9 Å². The molecule has 1 heterocycles. The molecule has 0 saturated heterocycles. The molecule has 2 aromatic carbocycles. The van der Waals surface area contributed by atoms with Crippen LogP contribution in [-0.2, 0) is 17.9 Å². The highest BCUT2D eigenvalue weighted by molar-refractivity contribution is 9.10. The summed E-state index contributed by atoms with van der Waals surface area (Å²) in [7, 11) is 0. The van der Waals surface area contributed by atoms with Crippen LogP contribution in [0, 0.1) is 5.82 Å². The van der Waals surface area contributed by atoms with Gasteiger partial charge in [-0.2, -0.15) is 5.10 Å². The maximum absolute atomic E-state index is 13.9. The fourth-order valence-electron chi connectivity index (χ4n) is 2.39. The minimum atomic E-state index is -0.487. The third kappa shape index (κ3) is 4.92. The molecule has 0 bridgehead atoms. The van der Waals surface area contributed by atoms with Crippen molar-refractivity contribution in [3.8, 4) is 11.1 Å². The molecule has 0 fully saturated rings. The van der Waals surface area contributed by atoms with Gasteiger partial charge in [-0.05, 0) is 23.8 Å². The van der Waals surface area contributed by atoms with E-state index in [1.165, 1.54) is 6.07 Å². The zero-order valence-corrected chi connectivity index (χ0v) is 15.4. The summed E-state index contributed by atoms with van der Waals surface area (Å²) in [5, 5.41) is 6.86. The Kier molecular flexibility index (Phi) is 6.01. The zero-order valence-electron chi connectivity index (χ0n) is 13.9. The Bertz CT molecular complexity index is 884. The molecule has 3 rings (SSSR count). The first-order valence-electron chi connectivity index (χ1n) is 8.04. The van der Waals surface area contributed by atoms with Crippen LogP contribution < -0.4 is 5.32 Å². The second-order valence-corrected chi connectivity index (χ2v) is 6.52. The van der Waals surface area contributed by atoms with Gasteiger partial charge in [0.1, 0.15) is 12.4 Å². The Labute approximate surface area is 158 Å². The fraction of sp³-hybridized carbons (Fsp3) is 0.158. The molecule has 0 aliphatic heterocycles. The molecule has 0 saturated carbocycles. The van der Waals surface area contributed by atoms with Crippen LogP contribution in [0.1, 0.15) is 5.56 Å². The van der Waals surface area contributed by atoms with E-state index in [9.17, 15) is 9.18 Å². The van der Waals surface area contributed by atoms with Gasteiger partial charge in [0.15, 0.2) is 0 Å². The summed E-state index contributed by atoms with van der Waals surface area (Å²) < 4.78 is 21.5. The number of carbonyl (C=O) groups is 1. The lowest BCUT2D eigenvalue weighted by molar-refractivity contribution is 0.139. The summed E-state index contributed by atoms with van der Waals surface area (Å²) in [5.74, 6) is -0.310. The van der Waals surface area contributed by atoms with Crippen molar-refractivity contribution in [2.45, 2.75) is 13.2 Å². The molecule has 0 aliphatic rings. The van der Waals surface area contributed by atoms with E-state index in [4.69, 9.17) is 4.74 Å². The fourth-order valence-corrected chi connectivity index (χ4v) is 2.75. The number of rotatable bonds is 6. The van der Waals surface area contributed by atoms with E-state index in [1.807, 2.05) is 30.3 Å². The van der Waals surface area contributed by atoms with E-state index in [-0.39, 0.29) is 12.4 Å². The van der Waals surface area contributed by atoms with E-state index >= 15 is 0 Å². The number of carbonyl (C=O) groups excluding carboxylic acids is 1. The molecule has 0 spiro atoms. The van der Waals surface area contributed by atoms with Gasteiger partial charge in [0.25, 0.3) is 0 Å². The first-order chi connectivity index (χ1) is 12.6. The lowest BCUT2D eigenvalue weighted by Gasteiger charge is -2.07. The van der Waals surface area contributed by atoms with Crippen LogP contribution in [0.25, 0.3) is 11.1 Å². The van der Waals surface area contributed by atoms with Crippen molar-refractivity contribution in [3.05, 3.63) is 76.8 Å². The van der Waals surface area contributed by atoms with Crippen LogP contribution in [0.2, 0.25) is 0 Å². The van der Waals surface area contributed by atoms with Crippen LogP contribution in [-0.4, -0.2) is 22.4 Å². The predicted molar refractivity (Wildman–Crippen MR) is 100.0 cm³/mol. The molecule has 7 heteroatoms. The molecule has 0 atom stereocenters. The van der Waals surface area contributed by atoms with E-state index in [0.717, 1.165) is 10.0 Å². The summed E-state index contributed by atoms with van der Waals surface area (Å²) in [6.45, 7) is 1.03. The molecule has 26 heavy (non-hydrogen) atoms. The number of aromatic nitrogens is 2. The van der Waals surface area contributed by atoms with Crippen molar-refractivity contribution in [3.63, 3.8) is 0 Å². The predicted octanol–water partition coefficient (Wildman–Crippen LogP) is 4.38. The second-order valence-electron chi connectivity index (χ2n) is 5.60. The monoisotopic (exact) mass is 417 g/mol. The summed E-state index contributed by atoms with van der Waals surface area (Å²) in [5.41, 5.74) is 2.08. The second kappa shape index (κ2) is 8.62. The smallest absolute Gasteiger partial charge is 0.407 e. The molecule has 1 amide bonds. The SMILES string of the molecule is O=C(NCCn1cc(-c2cc(Br)ccc2F)cn1)OCc1ccccc1. The van der Waals surface area contributed by atoms with Gasteiger partial charge in [-0.1, -0.05) is 46.3 Å². The average molecular weight is 418 g/mol. The largest absolute Gasteiger partial charge is 0.445 e. The van der Waals surface area contributed by atoms with Gasteiger partial charge in [-0.15, -0.1) is 0 Å². The Morgan fingerprint density at radius 2 is 2.04 bits per heavy atom. The highest BCUT2D eigenvalue weighted by Crippen LogP contribution is 2.25. The normalized spacial score (nSPS) is 10.5. The number of nitrogens with one attached hydrogen (secondary N) is 1. The number of benzene rings is 2. The molecule has 5 nitrogen and oxygen atoms in total. The third-order valence-corrected chi connectivity index (χ3v) is 4.19. The maximum atomic E-state index is 13.9. The standard InChI is InChI=1S/C19H17BrFN3O2/c20-16-6-7-18(21)17(10-16)15-11-23-24(12-15)9-8-22-19(25)26-13-14-4-2-1-3-5-14/h1-7,10-12H,8-9,13H2,(H,22,25). The molecular weight excluding hydrogens is 401 g/mol. The van der Waals surface area contributed by atoms with Gasteiger partial charge in [-0.3, -0.25) is 4.68 Å². The Balaban J connectivity index is 1.47. The number of hydrogen-bond donors (Lipinski definition) is 1. The Morgan fingerprint density at radius 3 is 2.85 bits per heavy atom. The summed E-state index contributed by atoms with van der Waals surface area (Å²) >= 11 is 3.33. The van der Waals surface area contributed by atoms with Gasteiger partial charge in [0, 0.05) is 28.3 Å². The number of amides is 1. The highest BCUT2D eigenvalue weighted by Gasteiger charge is 2.09. The highest BCUT2D eigenvalue weighted by atomic mass is 79.9. The molecule has 0 radical (unpaired) electrons.